The number of pyridine rings is 1. The lowest BCUT2D eigenvalue weighted by atomic mass is 9.96. The number of carbonyl (C=O) groups is 1. The molecule has 0 unspecified atom stereocenters. The van der Waals surface area contributed by atoms with E-state index in [4.69, 9.17) is 32.7 Å². The number of halogens is 2. The molecule has 34 heavy (non-hydrogen) atoms. The molecule has 0 fully saturated rings. The summed E-state index contributed by atoms with van der Waals surface area (Å²) in [5.74, 6) is 0.959. The van der Waals surface area contributed by atoms with Gasteiger partial charge in [-0.2, -0.15) is 0 Å². The molecule has 1 aromatic heterocycles. The Morgan fingerprint density at radius 2 is 1.76 bits per heavy atom. The fraction of sp³-hybridized carbons (Fsp3) is 0.308. The number of phenols is 1. The molecule has 2 N–H and O–H groups in total. The molecule has 0 aliphatic carbocycles. The molecule has 0 bridgehead atoms. The summed E-state index contributed by atoms with van der Waals surface area (Å²) in [5.41, 5.74) is 3.12. The SMILES string of the molecule is CC.COc1ccc(NC(=O)COc2cc(Cl)c(Cc3ccc(O)c(C(C)C)c3)c(Cl)c2)cn1. The van der Waals surface area contributed by atoms with Crippen LogP contribution in [0.3, 0.4) is 0 Å². The van der Waals surface area contributed by atoms with Gasteiger partial charge in [-0.05, 0) is 46.9 Å². The molecule has 8 heteroatoms. The Morgan fingerprint density at radius 3 is 2.32 bits per heavy atom. The van der Waals surface area contributed by atoms with Crippen molar-refractivity contribution in [2.45, 2.75) is 40.0 Å². The Hall–Kier alpha value is -2.96. The lowest BCUT2D eigenvalue weighted by Crippen LogP contribution is -2.20. The number of benzene rings is 2. The molecule has 1 amide bonds. The molecule has 0 saturated carbocycles. The van der Waals surface area contributed by atoms with Crippen molar-refractivity contribution in [3.05, 3.63) is 75.4 Å². The second kappa shape index (κ2) is 13.1. The smallest absolute Gasteiger partial charge is 0.262 e. The van der Waals surface area contributed by atoms with Gasteiger partial charge in [0.25, 0.3) is 5.91 Å². The molecule has 0 saturated heterocycles. The number of aromatic nitrogens is 1. The van der Waals surface area contributed by atoms with Gasteiger partial charge in [-0.1, -0.05) is 63.0 Å². The molecular weight excluding hydrogens is 475 g/mol. The minimum absolute atomic E-state index is 0.191. The van der Waals surface area contributed by atoms with Gasteiger partial charge in [-0.25, -0.2) is 4.98 Å². The zero-order valence-electron chi connectivity index (χ0n) is 20.0. The van der Waals surface area contributed by atoms with E-state index in [1.54, 1.807) is 30.3 Å². The van der Waals surface area contributed by atoms with E-state index in [0.717, 1.165) is 16.7 Å². The van der Waals surface area contributed by atoms with Crippen LogP contribution in [0, 0.1) is 0 Å². The van der Waals surface area contributed by atoms with Crippen LogP contribution < -0.4 is 14.8 Å². The maximum absolute atomic E-state index is 12.2. The molecule has 2 aromatic carbocycles. The Labute approximate surface area is 210 Å². The van der Waals surface area contributed by atoms with E-state index in [2.05, 4.69) is 10.3 Å². The number of amides is 1. The topological polar surface area (TPSA) is 80.7 Å². The average Bonchev–Trinajstić information content (AvgIpc) is 2.82. The van der Waals surface area contributed by atoms with Crippen LogP contribution in [0.15, 0.2) is 48.7 Å². The van der Waals surface area contributed by atoms with Crippen LogP contribution in [-0.2, 0) is 11.2 Å². The van der Waals surface area contributed by atoms with Crippen molar-refractivity contribution < 1.29 is 19.4 Å². The number of rotatable bonds is 8. The maximum Gasteiger partial charge on any atom is 0.262 e. The van der Waals surface area contributed by atoms with Gasteiger partial charge in [0.05, 0.1) is 19.0 Å². The number of nitrogens with zero attached hydrogens (tertiary/aromatic N) is 1. The van der Waals surface area contributed by atoms with Crippen LogP contribution in [-0.4, -0.2) is 29.7 Å². The van der Waals surface area contributed by atoms with Crippen LogP contribution in [0.5, 0.6) is 17.4 Å². The number of hydrogen-bond donors (Lipinski definition) is 2. The van der Waals surface area contributed by atoms with Crippen molar-refractivity contribution in [3.63, 3.8) is 0 Å². The fourth-order valence-corrected chi connectivity index (χ4v) is 3.73. The second-order valence-corrected chi connectivity index (χ2v) is 8.33. The van der Waals surface area contributed by atoms with E-state index in [0.29, 0.717) is 33.8 Å². The molecular formula is C26H30Cl2N2O4. The van der Waals surface area contributed by atoms with Gasteiger partial charge >= 0.3 is 0 Å². The van der Waals surface area contributed by atoms with Crippen LogP contribution in [0.25, 0.3) is 0 Å². The van der Waals surface area contributed by atoms with Gasteiger partial charge in [0.15, 0.2) is 6.61 Å². The Morgan fingerprint density at radius 1 is 1.09 bits per heavy atom. The Kier molecular flexibility index (Phi) is 10.5. The normalized spacial score (nSPS) is 10.4. The second-order valence-electron chi connectivity index (χ2n) is 7.52. The maximum atomic E-state index is 12.2. The molecule has 0 spiro atoms. The number of hydrogen-bond acceptors (Lipinski definition) is 5. The largest absolute Gasteiger partial charge is 0.508 e. The van der Waals surface area contributed by atoms with Gasteiger partial charge in [0.1, 0.15) is 11.5 Å². The van der Waals surface area contributed by atoms with E-state index in [1.165, 1.54) is 13.3 Å². The molecule has 0 aliphatic heterocycles. The van der Waals surface area contributed by atoms with Gasteiger partial charge in [-0.15, -0.1) is 0 Å². The zero-order valence-corrected chi connectivity index (χ0v) is 21.5. The Bertz CT molecular complexity index is 1080. The Balaban J connectivity index is 0.00000199. The summed E-state index contributed by atoms with van der Waals surface area (Å²) >= 11 is 12.9. The predicted molar refractivity (Wildman–Crippen MR) is 138 cm³/mol. The molecule has 3 rings (SSSR count). The lowest BCUT2D eigenvalue weighted by molar-refractivity contribution is -0.118. The van der Waals surface area contributed by atoms with Crippen LogP contribution >= 0.6 is 23.2 Å². The van der Waals surface area contributed by atoms with Crippen molar-refractivity contribution in [2.75, 3.05) is 19.0 Å². The van der Waals surface area contributed by atoms with Crippen molar-refractivity contribution in [1.82, 2.24) is 4.98 Å². The van der Waals surface area contributed by atoms with Crippen LogP contribution in [0.2, 0.25) is 10.0 Å². The first kappa shape index (κ1) is 27.3. The number of aromatic hydroxyl groups is 1. The molecule has 1 heterocycles. The standard InChI is InChI=1S/C24H24Cl2N2O4.C2H6/c1-14(2)18-8-15(4-6-22(18)29)9-19-20(25)10-17(11-21(19)26)32-13-23(30)28-16-5-7-24(31-3)27-12-16;1-2/h4-8,10-12,14,29H,9,13H2,1-3H3,(H,28,30);1-2H3. The van der Waals surface area contributed by atoms with E-state index >= 15 is 0 Å². The molecule has 3 aromatic rings. The summed E-state index contributed by atoms with van der Waals surface area (Å²) in [7, 11) is 1.52. The highest BCUT2D eigenvalue weighted by Gasteiger charge is 2.13. The van der Waals surface area contributed by atoms with E-state index in [9.17, 15) is 9.90 Å². The van der Waals surface area contributed by atoms with E-state index in [-0.39, 0.29) is 24.2 Å². The predicted octanol–water partition coefficient (Wildman–Crippen LogP) is 6.86. The van der Waals surface area contributed by atoms with Crippen LogP contribution in [0.4, 0.5) is 5.69 Å². The van der Waals surface area contributed by atoms with E-state index in [1.807, 2.05) is 39.8 Å². The number of ether oxygens (including phenoxy) is 2. The summed E-state index contributed by atoms with van der Waals surface area (Å²) in [6, 6.07) is 12.1. The first-order chi connectivity index (χ1) is 16.3. The fourth-order valence-electron chi connectivity index (χ4n) is 3.13. The first-order valence-corrected chi connectivity index (χ1v) is 11.7. The molecule has 0 aliphatic rings. The van der Waals surface area contributed by atoms with Crippen molar-refractivity contribution in [3.8, 4) is 17.4 Å². The van der Waals surface area contributed by atoms with Gasteiger partial charge < -0.3 is 19.9 Å². The van der Waals surface area contributed by atoms with E-state index < -0.39 is 0 Å². The van der Waals surface area contributed by atoms with Crippen molar-refractivity contribution in [2.24, 2.45) is 0 Å². The minimum atomic E-state index is -0.349. The average molecular weight is 505 g/mol. The highest BCUT2D eigenvalue weighted by Crippen LogP contribution is 2.34. The van der Waals surface area contributed by atoms with Crippen molar-refractivity contribution >= 4 is 34.8 Å². The molecule has 6 nitrogen and oxygen atoms in total. The van der Waals surface area contributed by atoms with Crippen LogP contribution in [0.1, 0.15) is 50.3 Å². The summed E-state index contributed by atoms with van der Waals surface area (Å²) < 4.78 is 10.5. The lowest BCUT2D eigenvalue weighted by Gasteiger charge is -2.14. The highest BCUT2D eigenvalue weighted by atomic mass is 35.5. The third-order valence-corrected chi connectivity index (χ3v) is 5.48. The van der Waals surface area contributed by atoms with Gasteiger partial charge in [-0.3, -0.25) is 4.79 Å². The number of carbonyl (C=O) groups excluding carboxylic acids is 1. The summed E-state index contributed by atoms with van der Waals surface area (Å²) in [4.78, 5) is 16.2. The summed E-state index contributed by atoms with van der Waals surface area (Å²) in [6.45, 7) is 7.83. The zero-order chi connectivity index (χ0) is 25.3. The first-order valence-electron chi connectivity index (χ1n) is 11.0. The molecule has 182 valence electrons. The summed E-state index contributed by atoms with van der Waals surface area (Å²) in [6.07, 6.45) is 2.00. The number of phenolic OH excluding ortho intramolecular Hbond substituents is 1. The monoisotopic (exact) mass is 504 g/mol. The third kappa shape index (κ3) is 7.54. The van der Waals surface area contributed by atoms with Gasteiger partial charge in [0.2, 0.25) is 5.88 Å². The van der Waals surface area contributed by atoms with Crippen molar-refractivity contribution in [1.29, 1.82) is 0 Å². The highest BCUT2D eigenvalue weighted by molar-refractivity contribution is 6.36. The molecule has 0 atom stereocenters. The summed E-state index contributed by atoms with van der Waals surface area (Å²) in [5, 5.41) is 13.6. The number of methoxy groups -OCH3 is 1. The molecule has 0 radical (unpaired) electrons. The third-order valence-electron chi connectivity index (χ3n) is 4.81. The van der Waals surface area contributed by atoms with Gasteiger partial charge in [0, 0.05) is 22.5 Å². The minimum Gasteiger partial charge on any atom is -0.508 e. The number of anilines is 1. The number of nitrogens with one attached hydrogen (secondary N) is 1. The quantitative estimate of drug-likeness (QED) is 0.350.